The Morgan fingerprint density at radius 3 is 2.58 bits per heavy atom. The molecule has 0 saturated carbocycles. The van der Waals surface area contributed by atoms with Gasteiger partial charge in [-0.15, -0.1) is 0 Å². The second-order valence-electron chi connectivity index (χ2n) is 9.94. The molecule has 40 heavy (non-hydrogen) atoms. The van der Waals surface area contributed by atoms with E-state index in [1.165, 1.54) is 12.1 Å². The lowest BCUT2D eigenvalue weighted by molar-refractivity contribution is 0.0723. The smallest absolute Gasteiger partial charge is 0.166 e. The number of halogens is 2. The summed E-state index contributed by atoms with van der Waals surface area (Å²) in [6.07, 6.45) is 3.35. The van der Waals surface area contributed by atoms with Crippen molar-refractivity contribution in [2.45, 2.75) is 32.2 Å². The summed E-state index contributed by atoms with van der Waals surface area (Å²) in [5, 5.41) is 4.49. The van der Waals surface area contributed by atoms with Crippen LogP contribution in [0.3, 0.4) is 0 Å². The average molecular weight is 593 g/mol. The number of ether oxygens (including phenoxy) is 3. The number of Topliss-reactive ketones (excluding diaryl/α,β-unsaturated/α-hetero) is 1. The van der Waals surface area contributed by atoms with Gasteiger partial charge in [-0.2, -0.15) is 5.10 Å². The van der Waals surface area contributed by atoms with E-state index in [0.29, 0.717) is 62.4 Å². The molecule has 0 atom stereocenters. The number of ketones is 1. The van der Waals surface area contributed by atoms with E-state index in [2.05, 4.69) is 0 Å². The van der Waals surface area contributed by atoms with Crippen molar-refractivity contribution < 1.29 is 31.8 Å². The molecule has 0 spiro atoms. The summed E-state index contributed by atoms with van der Waals surface area (Å²) in [6.45, 7) is 1.98. The van der Waals surface area contributed by atoms with Crippen LogP contribution in [0.1, 0.15) is 40.9 Å². The summed E-state index contributed by atoms with van der Waals surface area (Å²) < 4.78 is 57.9. The lowest BCUT2D eigenvalue weighted by atomic mass is 9.99. The Hall–Kier alpha value is -2.79. The van der Waals surface area contributed by atoms with Gasteiger partial charge in [-0.25, -0.2) is 12.8 Å². The number of rotatable bonds is 13. The van der Waals surface area contributed by atoms with Crippen LogP contribution < -0.4 is 4.74 Å². The third-order valence-corrected chi connectivity index (χ3v) is 9.08. The maximum absolute atomic E-state index is 15.0. The summed E-state index contributed by atoms with van der Waals surface area (Å²) in [5.74, 6) is -1.04. The van der Waals surface area contributed by atoms with Gasteiger partial charge in [0.05, 0.1) is 48.0 Å². The van der Waals surface area contributed by atoms with E-state index >= 15 is 4.39 Å². The highest BCUT2D eigenvalue weighted by atomic mass is 35.5. The van der Waals surface area contributed by atoms with Crippen molar-refractivity contribution in [3.63, 3.8) is 0 Å². The van der Waals surface area contributed by atoms with Crippen LogP contribution in [-0.4, -0.2) is 69.5 Å². The Kier molecular flexibility index (Phi) is 10.3. The topological polar surface area (TPSA) is 96.7 Å². The first-order chi connectivity index (χ1) is 19.2. The van der Waals surface area contributed by atoms with Gasteiger partial charge >= 0.3 is 0 Å². The van der Waals surface area contributed by atoms with Crippen LogP contribution in [0.25, 0.3) is 11.1 Å². The van der Waals surface area contributed by atoms with Crippen LogP contribution in [0.5, 0.6) is 5.75 Å². The zero-order chi connectivity index (χ0) is 28.7. The van der Waals surface area contributed by atoms with E-state index in [1.807, 2.05) is 30.5 Å². The highest BCUT2D eigenvalue weighted by Gasteiger charge is 2.25. The molecule has 11 heteroatoms. The zero-order valence-electron chi connectivity index (χ0n) is 22.7. The first-order valence-corrected chi connectivity index (χ1v) is 15.4. The summed E-state index contributed by atoms with van der Waals surface area (Å²) >= 11 is 6.23. The van der Waals surface area contributed by atoms with Gasteiger partial charge in [0.15, 0.2) is 21.4 Å². The summed E-state index contributed by atoms with van der Waals surface area (Å²) in [7, 11) is -0.284. The molecule has 0 N–H and O–H groups in total. The normalized spacial score (nSPS) is 14.4. The molecule has 3 aromatic rings. The van der Waals surface area contributed by atoms with Gasteiger partial charge in [-0.05, 0) is 54.2 Å². The molecule has 216 valence electrons. The summed E-state index contributed by atoms with van der Waals surface area (Å²) in [6, 6.07) is 10.5. The number of methoxy groups -OCH3 is 2. The number of hydrogen-bond acceptors (Lipinski definition) is 7. The van der Waals surface area contributed by atoms with Crippen molar-refractivity contribution in [3.05, 3.63) is 70.3 Å². The molecule has 0 unspecified atom stereocenters. The van der Waals surface area contributed by atoms with Gasteiger partial charge in [0.1, 0.15) is 5.75 Å². The number of carbonyl (C=O) groups is 1. The lowest BCUT2D eigenvalue weighted by Crippen LogP contribution is -2.25. The lowest BCUT2D eigenvalue weighted by Gasteiger charge is -2.21. The molecule has 2 aromatic carbocycles. The van der Waals surface area contributed by atoms with Crippen LogP contribution >= 0.6 is 11.6 Å². The van der Waals surface area contributed by atoms with Crippen LogP contribution in [-0.2, 0) is 32.3 Å². The van der Waals surface area contributed by atoms with Crippen molar-refractivity contribution >= 4 is 27.2 Å². The van der Waals surface area contributed by atoms with E-state index in [9.17, 15) is 13.2 Å². The Balaban J connectivity index is 1.56. The molecular weight excluding hydrogens is 559 g/mol. The number of hydrogen-bond donors (Lipinski definition) is 0. The van der Waals surface area contributed by atoms with Crippen molar-refractivity contribution in [2.75, 3.05) is 45.5 Å². The van der Waals surface area contributed by atoms with Gasteiger partial charge in [-0.1, -0.05) is 23.7 Å². The molecule has 4 rings (SSSR count). The molecule has 0 radical (unpaired) electrons. The highest BCUT2D eigenvalue weighted by molar-refractivity contribution is 7.91. The van der Waals surface area contributed by atoms with Crippen molar-refractivity contribution in [1.82, 2.24) is 9.78 Å². The molecule has 8 nitrogen and oxygen atoms in total. The molecule has 0 aliphatic carbocycles. The maximum Gasteiger partial charge on any atom is 0.166 e. The second-order valence-corrected chi connectivity index (χ2v) is 12.6. The second kappa shape index (κ2) is 13.7. The van der Waals surface area contributed by atoms with E-state index < -0.39 is 21.4 Å². The molecule has 1 fully saturated rings. The third kappa shape index (κ3) is 7.90. The Morgan fingerprint density at radius 1 is 1.18 bits per heavy atom. The van der Waals surface area contributed by atoms with Gasteiger partial charge < -0.3 is 14.2 Å². The van der Waals surface area contributed by atoms with Gasteiger partial charge in [0, 0.05) is 44.9 Å². The molecular formula is C29H34ClFN2O6S. The number of nitrogens with zero attached hydrogens (tertiary/aromatic N) is 2. The summed E-state index contributed by atoms with van der Waals surface area (Å²) in [4.78, 5) is 13.1. The molecule has 1 aliphatic rings. The SMILES string of the molecule is COCCc1nn(Cc2ccc(OC)cc2)cc1-c1cc(Cl)c(F)c(C(=O)CCS(=O)(=O)CC2CCOCC2)c1. The van der Waals surface area contributed by atoms with Gasteiger partial charge in [0.2, 0.25) is 0 Å². The Bertz CT molecular complexity index is 1420. The minimum atomic E-state index is -3.48. The van der Waals surface area contributed by atoms with Crippen LogP contribution in [0.15, 0.2) is 42.6 Å². The third-order valence-electron chi connectivity index (χ3n) is 7.00. The van der Waals surface area contributed by atoms with Crippen LogP contribution in [0, 0.1) is 11.7 Å². The van der Waals surface area contributed by atoms with E-state index in [0.717, 1.165) is 11.3 Å². The zero-order valence-corrected chi connectivity index (χ0v) is 24.3. The largest absolute Gasteiger partial charge is 0.497 e. The highest BCUT2D eigenvalue weighted by Crippen LogP contribution is 2.31. The van der Waals surface area contributed by atoms with E-state index in [-0.39, 0.29) is 34.4 Å². The Morgan fingerprint density at radius 2 is 1.90 bits per heavy atom. The minimum absolute atomic E-state index is 0.00313. The molecule has 0 amide bonds. The fourth-order valence-corrected chi connectivity index (χ4v) is 6.70. The predicted molar refractivity (Wildman–Crippen MR) is 151 cm³/mol. The van der Waals surface area contributed by atoms with Gasteiger partial charge in [-0.3, -0.25) is 9.48 Å². The van der Waals surface area contributed by atoms with E-state index in [4.69, 9.17) is 30.9 Å². The molecule has 1 aromatic heterocycles. The van der Waals surface area contributed by atoms with Crippen molar-refractivity contribution in [2.24, 2.45) is 5.92 Å². The number of benzene rings is 2. The molecule has 1 saturated heterocycles. The minimum Gasteiger partial charge on any atom is -0.497 e. The number of aromatic nitrogens is 2. The molecule has 0 bridgehead atoms. The quantitative estimate of drug-likeness (QED) is 0.258. The first kappa shape index (κ1) is 30.2. The predicted octanol–water partition coefficient (Wildman–Crippen LogP) is 5.00. The monoisotopic (exact) mass is 592 g/mol. The van der Waals surface area contributed by atoms with Crippen LogP contribution in [0.4, 0.5) is 4.39 Å². The fraction of sp³-hybridized carbons (Fsp3) is 0.448. The van der Waals surface area contributed by atoms with Gasteiger partial charge in [0.25, 0.3) is 0 Å². The molecule has 1 aliphatic heterocycles. The average Bonchev–Trinajstić information content (AvgIpc) is 3.35. The molecule has 2 heterocycles. The van der Waals surface area contributed by atoms with E-state index in [1.54, 1.807) is 18.9 Å². The standard InChI is InChI=1S/C29H34ClFN2O6S/c1-37-11-9-27-25(18-33(32-27)17-20-3-5-23(38-2)6-4-20)22-15-24(29(31)26(30)16-22)28(34)10-14-40(35,36)19-21-7-12-39-13-8-21/h3-6,15-16,18,21H,7-14,17,19H2,1-2H3. The van der Waals surface area contributed by atoms with Crippen molar-refractivity contribution in [1.29, 1.82) is 0 Å². The van der Waals surface area contributed by atoms with Crippen LogP contribution in [0.2, 0.25) is 5.02 Å². The summed E-state index contributed by atoms with van der Waals surface area (Å²) in [5.41, 5.74) is 2.68. The number of sulfone groups is 1. The fourth-order valence-electron chi connectivity index (χ4n) is 4.77. The maximum atomic E-state index is 15.0. The number of carbonyl (C=O) groups excluding carboxylic acids is 1. The van der Waals surface area contributed by atoms with Crippen molar-refractivity contribution in [3.8, 4) is 16.9 Å². The first-order valence-electron chi connectivity index (χ1n) is 13.2. The Labute approximate surface area is 239 Å².